The number of carbonyl (C=O) groups excluding carboxylic acids is 2. The molecule has 2 aliphatic rings. The van der Waals surface area contributed by atoms with Crippen molar-refractivity contribution >= 4 is 28.9 Å². The molecule has 0 radical (unpaired) electrons. The van der Waals surface area contributed by atoms with E-state index in [-0.39, 0.29) is 29.9 Å². The molecule has 2 saturated heterocycles. The van der Waals surface area contributed by atoms with Gasteiger partial charge in [-0.05, 0) is 56.2 Å². The first-order valence-electron chi connectivity index (χ1n) is 10.3. The van der Waals surface area contributed by atoms with Crippen LogP contribution in [0, 0.1) is 12.8 Å². The minimum absolute atomic E-state index is 0.00804. The Morgan fingerprint density at radius 1 is 1.21 bits per heavy atom. The Bertz CT molecular complexity index is 827. The molecule has 3 heterocycles. The van der Waals surface area contributed by atoms with Crippen molar-refractivity contribution in [2.24, 2.45) is 5.92 Å². The van der Waals surface area contributed by atoms with Crippen molar-refractivity contribution in [2.75, 3.05) is 18.1 Å². The summed E-state index contributed by atoms with van der Waals surface area (Å²) in [5.41, 5.74) is 1.96. The normalized spacial score (nSPS) is 25.1. The number of nitrogens with zero attached hydrogens (tertiary/aromatic N) is 1. The van der Waals surface area contributed by atoms with Crippen LogP contribution in [0.4, 0.5) is 5.69 Å². The summed E-state index contributed by atoms with van der Waals surface area (Å²) in [4.78, 5) is 28.8. The van der Waals surface area contributed by atoms with Crippen molar-refractivity contribution in [1.29, 1.82) is 0 Å². The Labute approximate surface area is 175 Å². The fourth-order valence-electron chi connectivity index (χ4n) is 4.16. The van der Waals surface area contributed by atoms with Gasteiger partial charge in [-0.3, -0.25) is 9.59 Å². The lowest BCUT2D eigenvalue weighted by Crippen LogP contribution is -2.46. The van der Waals surface area contributed by atoms with Crippen LogP contribution in [0.2, 0.25) is 0 Å². The Morgan fingerprint density at radius 2 is 2.03 bits per heavy atom. The van der Waals surface area contributed by atoms with Crippen LogP contribution in [0.15, 0.2) is 41.8 Å². The standard InChI is InChI=1S/C23H27NO4S/c1-16-7-9-17(10-8-16)24-21(25)12-11-19(22(24)20-6-4-14-29-20)23(26)28-15-18-5-2-3-13-27-18/h4,6-10,14,18-19,22H,2-3,5,11-13,15H2,1H3/t18-,19+,22-/m1/s1. The van der Waals surface area contributed by atoms with E-state index in [1.165, 1.54) is 0 Å². The molecular formula is C23H27NO4S. The molecular weight excluding hydrogens is 386 g/mol. The van der Waals surface area contributed by atoms with Crippen LogP contribution in [0.3, 0.4) is 0 Å². The Kier molecular flexibility index (Phi) is 6.31. The molecule has 4 rings (SSSR count). The number of amides is 1. The molecule has 6 heteroatoms. The van der Waals surface area contributed by atoms with Crippen molar-refractivity contribution < 1.29 is 19.1 Å². The third kappa shape index (κ3) is 4.54. The van der Waals surface area contributed by atoms with Crippen molar-refractivity contribution in [2.45, 2.75) is 51.2 Å². The highest BCUT2D eigenvalue weighted by Gasteiger charge is 2.43. The first-order chi connectivity index (χ1) is 14.1. The van der Waals surface area contributed by atoms with Crippen LogP contribution in [-0.2, 0) is 19.1 Å². The van der Waals surface area contributed by atoms with Crippen LogP contribution in [0.5, 0.6) is 0 Å². The van der Waals surface area contributed by atoms with Crippen molar-refractivity contribution in [3.8, 4) is 0 Å². The molecule has 1 aromatic carbocycles. The van der Waals surface area contributed by atoms with Gasteiger partial charge in [0, 0.05) is 23.6 Å². The molecule has 0 bridgehead atoms. The largest absolute Gasteiger partial charge is 0.463 e. The molecule has 2 fully saturated rings. The van der Waals surface area contributed by atoms with Gasteiger partial charge in [-0.15, -0.1) is 11.3 Å². The summed E-state index contributed by atoms with van der Waals surface area (Å²) in [6.07, 6.45) is 3.95. The zero-order valence-corrected chi connectivity index (χ0v) is 17.5. The summed E-state index contributed by atoms with van der Waals surface area (Å²) >= 11 is 1.57. The molecule has 2 aliphatic heterocycles. The number of aryl methyl sites for hydroxylation is 1. The Hall–Kier alpha value is -2.18. The van der Waals surface area contributed by atoms with E-state index in [4.69, 9.17) is 9.47 Å². The van der Waals surface area contributed by atoms with Gasteiger partial charge in [-0.1, -0.05) is 23.8 Å². The number of benzene rings is 1. The molecule has 5 nitrogen and oxygen atoms in total. The van der Waals surface area contributed by atoms with Gasteiger partial charge < -0.3 is 14.4 Å². The van der Waals surface area contributed by atoms with E-state index in [0.717, 1.165) is 42.0 Å². The molecule has 154 valence electrons. The minimum Gasteiger partial charge on any atom is -0.463 e. The topological polar surface area (TPSA) is 55.8 Å². The number of carbonyl (C=O) groups is 2. The molecule has 29 heavy (non-hydrogen) atoms. The molecule has 0 aliphatic carbocycles. The van der Waals surface area contributed by atoms with E-state index in [2.05, 4.69) is 0 Å². The Morgan fingerprint density at radius 3 is 2.72 bits per heavy atom. The van der Waals surface area contributed by atoms with E-state index in [1.807, 2.05) is 48.7 Å². The number of hydrogen-bond donors (Lipinski definition) is 0. The van der Waals surface area contributed by atoms with Gasteiger partial charge in [0.25, 0.3) is 0 Å². The number of ether oxygens (including phenoxy) is 2. The van der Waals surface area contributed by atoms with Crippen LogP contribution in [-0.4, -0.2) is 31.2 Å². The van der Waals surface area contributed by atoms with Gasteiger partial charge in [0.05, 0.1) is 18.1 Å². The van der Waals surface area contributed by atoms with E-state index >= 15 is 0 Å². The monoisotopic (exact) mass is 413 g/mol. The first-order valence-corrected chi connectivity index (χ1v) is 11.2. The predicted molar refractivity (Wildman–Crippen MR) is 113 cm³/mol. The first kappa shape index (κ1) is 20.1. The van der Waals surface area contributed by atoms with Gasteiger partial charge in [0.2, 0.25) is 5.91 Å². The van der Waals surface area contributed by atoms with Crippen molar-refractivity contribution in [3.05, 3.63) is 52.2 Å². The maximum absolute atomic E-state index is 13.1. The number of esters is 1. The smallest absolute Gasteiger partial charge is 0.311 e. The van der Waals surface area contributed by atoms with Gasteiger partial charge in [-0.25, -0.2) is 0 Å². The van der Waals surface area contributed by atoms with Gasteiger partial charge in [0.15, 0.2) is 0 Å². The molecule has 1 aromatic heterocycles. The van der Waals surface area contributed by atoms with Crippen LogP contribution < -0.4 is 4.90 Å². The highest BCUT2D eigenvalue weighted by Crippen LogP contribution is 2.42. The molecule has 0 unspecified atom stereocenters. The summed E-state index contributed by atoms with van der Waals surface area (Å²) in [5, 5.41) is 1.99. The summed E-state index contributed by atoms with van der Waals surface area (Å²) in [6.45, 7) is 3.05. The van der Waals surface area contributed by atoms with Gasteiger partial charge in [0.1, 0.15) is 6.61 Å². The number of rotatable bonds is 5. The number of anilines is 1. The Balaban J connectivity index is 1.57. The SMILES string of the molecule is Cc1ccc(N2C(=O)CC[C@H](C(=O)OC[C@H]3CCCCO3)[C@@H]2c2cccs2)cc1. The number of thiophene rings is 1. The fourth-order valence-corrected chi connectivity index (χ4v) is 5.04. The molecule has 3 atom stereocenters. The summed E-state index contributed by atoms with van der Waals surface area (Å²) in [7, 11) is 0. The average molecular weight is 414 g/mol. The number of piperidine rings is 1. The lowest BCUT2D eigenvalue weighted by Gasteiger charge is -2.39. The molecule has 0 N–H and O–H groups in total. The molecule has 1 amide bonds. The lowest BCUT2D eigenvalue weighted by atomic mass is 9.87. The van der Waals surface area contributed by atoms with E-state index in [0.29, 0.717) is 19.4 Å². The molecule has 0 saturated carbocycles. The molecule has 2 aromatic rings. The van der Waals surface area contributed by atoms with Crippen molar-refractivity contribution in [1.82, 2.24) is 0 Å². The maximum Gasteiger partial charge on any atom is 0.311 e. The summed E-state index contributed by atoms with van der Waals surface area (Å²) < 4.78 is 11.4. The second kappa shape index (κ2) is 9.09. The van der Waals surface area contributed by atoms with Gasteiger partial charge >= 0.3 is 5.97 Å². The zero-order valence-electron chi connectivity index (χ0n) is 16.7. The quantitative estimate of drug-likeness (QED) is 0.670. The van der Waals surface area contributed by atoms with Crippen LogP contribution in [0.25, 0.3) is 0 Å². The van der Waals surface area contributed by atoms with Crippen LogP contribution in [0.1, 0.15) is 48.6 Å². The van der Waals surface area contributed by atoms with Crippen molar-refractivity contribution in [3.63, 3.8) is 0 Å². The second-order valence-corrected chi connectivity index (χ2v) is 8.80. The average Bonchev–Trinajstić information content (AvgIpc) is 3.28. The predicted octanol–water partition coefficient (Wildman–Crippen LogP) is 4.65. The maximum atomic E-state index is 13.1. The highest BCUT2D eigenvalue weighted by atomic mass is 32.1. The summed E-state index contributed by atoms with van der Waals surface area (Å²) in [6, 6.07) is 11.5. The van der Waals surface area contributed by atoms with Crippen LogP contribution >= 0.6 is 11.3 Å². The number of hydrogen-bond acceptors (Lipinski definition) is 5. The third-order valence-corrected chi connectivity index (χ3v) is 6.68. The minimum atomic E-state index is -0.378. The zero-order chi connectivity index (χ0) is 20.2. The third-order valence-electron chi connectivity index (χ3n) is 5.73. The van der Waals surface area contributed by atoms with E-state index in [9.17, 15) is 9.59 Å². The lowest BCUT2D eigenvalue weighted by molar-refractivity contribution is -0.156. The highest BCUT2D eigenvalue weighted by molar-refractivity contribution is 7.10. The van der Waals surface area contributed by atoms with E-state index < -0.39 is 0 Å². The second-order valence-electron chi connectivity index (χ2n) is 7.82. The molecule has 0 spiro atoms. The van der Waals surface area contributed by atoms with E-state index in [1.54, 1.807) is 16.2 Å². The summed E-state index contributed by atoms with van der Waals surface area (Å²) in [5.74, 6) is -0.564. The van der Waals surface area contributed by atoms with Gasteiger partial charge in [-0.2, -0.15) is 0 Å². The fraction of sp³-hybridized carbons (Fsp3) is 0.478.